The molecule has 0 aliphatic carbocycles. The SMILES string of the molecule is CCCCCCCCCCCCCCCCCOC(=O)CCCC(=O)OCCC(C)C. The second-order valence-electron chi connectivity index (χ2n) is 9.43. The summed E-state index contributed by atoms with van der Waals surface area (Å²) in [4.78, 5) is 23.3. The lowest BCUT2D eigenvalue weighted by molar-refractivity contribution is -0.145. The van der Waals surface area contributed by atoms with E-state index in [-0.39, 0.29) is 11.9 Å². The molecule has 0 saturated heterocycles. The zero-order valence-corrected chi connectivity index (χ0v) is 21.1. The van der Waals surface area contributed by atoms with E-state index in [4.69, 9.17) is 9.47 Å². The molecule has 0 heterocycles. The Kier molecular flexibility index (Phi) is 22.8. The Morgan fingerprint density at radius 1 is 0.548 bits per heavy atom. The summed E-state index contributed by atoms with van der Waals surface area (Å²) in [6, 6.07) is 0. The molecule has 0 aromatic carbocycles. The standard InChI is InChI=1S/C27H52O4/c1-4-5-6-7-8-9-10-11-12-13-14-15-16-17-18-23-30-26(28)20-19-21-27(29)31-24-22-25(2)3/h25H,4-24H2,1-3H3. The minimum absolute atomic E-state index is 0.194. The maximum absolute atomic E-state index is 11.7. The molecular weight excluding hydrogens is 388 g/mol. The second kappa shape index (κ2) is 23.6. The molecular formula is C27H52O4. The fourth-order valence-electron chi connectivity index (χ4n) is 3.59. The van der Waals surface area contributed by atoms with Gasteiger partial charge in [0, 0.05) is 12.8 Å². The molecule has 0 N–H and O–H groups in total. The van der Waals surface area contributed by atoms with Crippen LogP contribution in [0.2, 0.25) is 0 Å². The molecule has 0 spiro atoms. The third-order valence-corrected chi connectivity index (χ3v) is 5.73. The molecule has 0 aliphatic heterocycles. The van der Waals surface area contributed by atoms with E-state index in [1.807, 2.05) is 0 Å². The van der Waals surface area contributed by atoms with Crippen LogP contribution in [-0.4, -0.2) is 25.2 Å². The Morgan fingerprint density at radius 2 is 0.935 bits per heavy atom. The van der Waals surface area contributed by atoms with Crippen molar-refractivity contribution in [2.75, 3.05) is 13.2 Å². The van der Waals surface area contributed by atoms with Crippen LogP contribution in [-0.2, 0) is 19.1 Å². The topological polar surface area (TPSA) is 52.6 Å². The zero-order chi connectivity index (χ0) is 23.0. The molecule has 0 radical (unpaired) electrons. The van der Waals surface area contributed by atoms with Crippen LogP contribution in [0.3, 0.4) is 0 Å². The maximum Gasteiger partial charge on any atom is 0.305 e. The average molecular weight is 441 g/mol. The first-order valence-corrected chi connectivity index (χ1v) is 13.4. The predicted octanol–water partition coefficient (Wildman–Crippen LogP) is 8.16. The second-order valence-corrected chi connectivity index (χ2v) is 9.43. The van der Waals surface area contributed by atoms with Crippen LogP contribution in [0, 0.1) is 5.92 Å². The Labute approximate surface area is 193 Å². The number of carbonyl (C=O) groups excluding carboxylic acids is 2. The van der Waals surface area contributed by atoms with E-state index in [2.05, 4.69) is 20.8 Å². The molecule has 4 nitrogen and oxygen atoms in total. The van der Waals surface area contributed by atoms with Gasteiger partial charge in [0.25, 0.3) is 0 Å². The number of hydrogen-bond acceptors (Lipinski definition) is 4. The molecule has 4 heteroatoms. The summed E-state index contributed by atoms with van der Waals surface area (Å²) in [5, 5.41) is 0. The van der Waals surface area contributed by atoms with E-state index in [0.717, 1.165) is 19.3 Å². The van der Waals surface area contributed by atoms with E-state index < -0.39 is 0 Å². The van der Waals surface area contributed by atoms with Crippen molar-refractivity contribution in [3.05, 3.63) is 0 Å². The molecule has 0 aromatic heterocycles. The lowest BCUT2D eigenvalue weighted by Gasteiger charge is -2.07. The molecule has 0 rings (SSSR count). The summed E-state index contributed by atoms with van der Waals surface area (Å²) in [5.74, 6) is 0.124. The minimum atomic E-state index is -0.212. The van der Waals surface area contributed by atoms with Crippen LogP contribution in [0.4, 0.5) is 0 Å². The van der Waals surface area contributed by atoms with Crippen molar-refractivity contribution in [2.24, 2.45) is 5.92 Å². The molecule has 0 aromatic rings. The Bertz CT molecular complexity index is 406. The summed E-state index contributed by atoms with van der Waals surface area (Å²) in [6.45, 7) is 7.45. The van der Waals surface area contributed by atoms with Gasteiger partial charge in [0.2, 0.25) is 0 Å². The monoisotopic (exact) mass is 440 g/mol. The van der Waals surface area contributed by atoms with Gasteiger partial charge < -0.3 is 9.47 Å². The molecule has 31 heavy (non-hydrogen) atoms. The first-order chi connectivity index (χ1) is 15.1. The van der Waals surface area contributed by atoms with Crippen LogP contribution in [0.15, 0.2) is 0 Å². The third kappa shape index (κ3) is 25.1. The van der Waals surface area contributed by atoms with Crippen molar-refractivity contribution in [1.29, 1.82) is 0 Å². The molecule has 0 saturated carbocycles. The van der Waals surface area contributed by atoms with Crippen LogP contribution in [0.1, 0.15) is 143 Å². The first-order valence-electron chi connectivity index (χ1n) is 13.4. The highest BCUT2D eigenvalue weighted by Gasteiger charge is 2.07. The maximum atomic E-state index is 11.7. The van der Waals surface area contributed by atoms with Gasteiger partial charge >= 0.3 is 11.9 Å². The molecule has 184 valence electrons. The first kappa shape index (κ1) is 29.9. The van der Waals surface area contributed by atoms with Crippen molar-refractivity contribution in [1.82, 2.24) is 0 Å². The summed E-state index contributed by atoms with van der Waals surface area (Å²) in [7, 11) is 0. The smallest absolute Gasteiger partial charge is 0.305 e. The van der Waals surface area contributed by atoms with Gasteiger partial charge in [0.05, 0.1) is 13.2 Å². The van der Waals surface area contributed by atoms with Crippen molar-refractivity contribution in [3.8, 4) is 0 Å². The number of hydrogen-bond donors (Lipinski definition) is 0. The average Bonchev–Trinajstić information content (AvgIpc) is 2.73. The molecule has 0 amide bonds. The van der Waals surface area contributed by atoms with Crippen LogP contribution in [0.5, 0.6) is 0 Å². The zero-order valence-electron chi connectivity index (χ0n) is 21.1. The fraction of sp³-hybridized carbons (Fsp3) is 0.926. The number of unbranched alkanes of at least 4 members (excludes halogenated alkanes) is 14. The highest BCUT2D eigenvalue weighted by Crippen LogP contribution is 2.13. The van der Waals surface area contributed by atoms with Gasteiger partial charge in [0.1, 0.15) is 0 Å². The van der Waals surface area contributed by atoms with Gasteiger partial charge in [0.15, 0.2) is 0 Å². The van der Waals surface area contributed by atoms with Gasteiger partial charge in [-0.15, -0.1) is 0 Å². The molecule has 0 aliphatic rings. The number of ether oxygens (including phenoxy) is 2. The quantitative estimate of drug-likeness (QED) is 0.119. The summed E-state index contributed by atoms with van der Waals surface area (Å²) in [6.07, 6.45) is 21.9. The molecule has 0 atom stereocenters. The van der Waals surface area contributed by atoms with Crippen molar-refractivity contribution in [3.63, 3.8) is 0 Å². The summed E-state index contributed by atoms with van der Waals surface area (Å²) >= 11 is 0. The van der Waals surface area contributed by atoms with E-state index >= 15 is 0 Å². The Morgan fingerprint density at radius 3 is 1.35 bits per heavy atom. The molecule has 0 bridgehead atoms. The number of rotatable bonds is 23. The van der Waals surface area contributed by atoms with Crippen molar-refractivity contribution >= 4 is 11.9 Å². The van der Waals surface area contributed by atoms with Gasteiger partial charge in [-0.2, -0.15) is 0 Å². The van der Waals surface area contributed by atoms with Gasteiger partial charge in [-0.3, -0.25) is 9.59 Å². The molecule has 0 fully saturated rings. The van der Waals surface area contributed by atoms with E-state index in [9.17, 15) is 9.59 Å². The normalized spacial score (nSPS) is 11.1. The third-order valence-electron chi connectivity index (χ3n) is 5.73. The minimum Gasteiger partial charge on any atom is -0.466 e. The molecule has 0 unspecified atom stereocenters. The summed E-state index contributed by atoms with van der Waals surface area (Å²) < 4.78 is 10.4. The van der Waals surface area contributed by atoms with E-state index in [1.54, 1.807) is 0 Å². The van der Waals surface area contributed by atoms with Crippen molar-refractivity contribution < 1.29 is 19.1 Å². The summed E-state index contributed by atoms with van der Waals surface area (Å²) in [5.41, 5.74) is 0. The highest BCUT2D eigenvalue weighted by molar-refractivity contribution is 5.72. The Hall–Kier alpha value is -1.06. The lowest BCUT2D eigenvalue weighted by atomic mass is 10.0. The number of esters is 2. The Balaban J connectivity index is 3.24. The van der Waals surface area contributed by atoms with Gasteiger partial charge in [-0.05, 0) is 25.2 Å². The predicted molar refractivity (Wildman–Crippen MR) is 130 cm³/mol. The largest absolute Gasteiger partial charge is 0.466 e. The van der Waals surface area contributed by atoms with Gasteiger partial charge in [-0.25, -0.2) is 0 Å². The fourth-order valence-corrected chi connectivity index (χ4v) is 3.59. The van der Waals surface area contributed by atoms with Crippen molar-refractivity contribution in [2.45, 2.75) is 143 Å². The van der Waals surface area contributed by atoms with Gasteiger partial charge in [-0.1, -0.05) is 111 Å². The van der Waals surface area contributed by atoms with Crippen LogP contribution in [0.25, 0.3) is 0 Å². The van der Waals surface area contributed by atoms with Crippen LogP contribution < -0.4 is 0 Å². The lowest BCUT2D eigenvalue weighted by Crippen LogP contribution is -2.10. The van der Waals surface area contributed by atoms with E-state index in [0.29, 0.717) is 38.4 Å². The van der Waals surface area contributed by atoms with Crippen LogP contribution >= 0.6 is 0 Å². The highest BCUT2D eigenvalue weighted by atomic mass is 16.5. The van der Waals surface area contributed by atoms with E-state index in [1.165, 1.54) is 83.5 Å². The number of carbonyl (C=O) groups is 2.